The average molecular weight is 497 g/mol. The van der Waals surface area contributed by atoms with Crippen molar-refractivity contribution >= 4 is 43.8 Å². The Kier molecular flexibility index (Phi) is 6.25. The number of furan rings is 1. The molecule has 0 saturated heterocycles. The molecule has 2 heterocycles. The minimum atomic E-state index is -3.93. The molecular weight excluding hydrogens is 472 g/mol. The van der Waals surface area contributed by atoms with Gasteiger partial charge in [-0.05, 0) is 55.7 Å². The molecule has 0 aliphatic rings. The second-order valence-electron chi connectivity index (χ2n) is 8.38. The number of amides is 2. The molecule has 2 N–H and O–H groups in total. The van der Waals surface area contributed by atoms with Gasteiger partial charge in [0.15, 0.2) is 0 Å². The molecule has 0 spiro atoms. The lowest BCUT2D eigenvalue weighted by Gasteiger charge is -2.10. The van der Waals surface area contributed by atoms with Crippen LogP contribution in [0.15, 0.2) is 54.9 Å². The molecule has 0 saturated carbocycles. The van der Waals surface area contributed by atoms with Crippen molar-refractivity contribution in [3.8, 4) is 0 Å². The Morgan fingerprint density at radius 1 is 0.914 bits per heavy atom. The van der Waals surface area contributed by atoms with E-state index in [2.05, 4.69) is 5.32 Å². The molecule has 2 aromatic heterocycles. The van der Waals surface area contributed by atoms with Gasteiger partial charge in [0.2, 0.25) is 11.8 Å². The second-order valence-corrected chi connectivity index (χ2v) is 10.1. The quantitative estimate of drug-likeness (QED) is 0.391. The second kappa shape index (κ2) is 9.03. The lowest BCUT2D eigenvalue weighted by Crippen LogP contribution is -2.28. The highest BCUT2D eigenvalue weighted by atomic mass is 32.2. The van der Waals surface area contributed by atoms with E-state index < -0.39 is 21.6 Å². The van der Waals surface area contributed by atoms with Gasteiger partial charge in [-0.2, -0.15) is 0 Å². The summed E-state index contributed by atoms with van der Waals surface area (Å²) in [6.07, 6.45) is -0.166. The van der Waals surface area contributed by atoms with Gasteiger partial charge in [-0.15, -0.1) is 0 Å². The summed E-state index contributed by atoms with van der Waals surface area (Å²) in [4.78, 5) is 36.2. The number of benzene rings is 2. The Labute approximate surface area is 201 Å². The number of sulfonamides is 1. The maximum absolute atomic E-state index is 12.6. The van der Waals surface area contributed by atoms with Crippen molar-refractivity contribution in [3.63, 3.8) is 0 Å². The van der Waals surface area contributed by atoms with Crippen molar-refractivity contribution < 1.29 is 26.8 Å². The molecule has 182 valence electrons. The first-order valence-corrected chi connectivity index (χ1v) is 12.3. The Morgan fingerprint density at radius 3 is 2.20 bits per heavy atom. The van der Waals surface area contributed by atoms with Gasteiger partial charge in [-0.1, -0.05) is 12.1 Å². The van der Waals surface area contributed by atoms with Gasteiger partial charge in [0.1, 0.15) is 16.9 Å². The summed E-state index contributed by atoms with van der Waals surface area (Å²) in [6.45, 7) is 6.85. The van der Waals surface area contributed by atoms with Gasteiger partial charge in [-0.3, -0.25) is 9.59 Å². The summed E-state index contributed by atoms with van der Waals surface area (Å²) in [5.74, 6) is -0.281. The largest absolute Gasteiger partial charge is 0.461 e. The van der Waals surface area contributed by atoms with E-state index in [1.165, 1.54) is 24.3 Å². The summed E-state index contributed by atoms with van der Waals surface area (Å²) in [6, 6.07) is 9.35. The van der Waals surface area contributed by atoms with Gasteiger partial charge in [0.05, 0.1) is 16.9 Å². The third-order valence-electron chi connectivity index (χ3n) is 5.92. The lowest BCUT2D eigenvalue weighted by molar-refractivity contribution is -0.120. The zero-order valence-electron chi connectivity index (χ0n) is 19.6. The van der Waals surface area contributed by atoms with Crippen LogP contribution < -0.4 is 15.7 Å². The summed E-state index contributed by atoms with van der Waals surface area (Å²) < 4.78 is 37.1. The van der Waals surface area contributed by atoms with Gasteiger partial charge in [-0.25, -0.2) is 17.9 Å². The Bertz CT molecular complexity index is 1650. The van der Waals surface area contributed by atoms with Crippen LogP contribution in [0.5, 0.6) is 0 Å². The molecule has 2 aromatic carbocycles. The standard InChI is InChI=1S/C25H24N2O7S/c1-13-15(3)33-22-11-23-20(9-19(13)22)14(2)21(25(30)34-23)10-24(29)26-12-17-5-7-18(8-6-17)35(31,32)27-16(4)28/h5-9,11H,10,12H2,1-4H3,(H,26,29)(H,27,28). The summed E-state index contributed by atoms with van der Waals surface area (Å²) in [7, 11) is -3.93. The number of rotatable bonds is 6. The predicted molar refractivity (Wildman–Crippen MR) is 129 cm³/mol. The van der Waals surface area contributed by atoms with Crippen LogP contribution in [0.1, 0.15) is 34.9 Å². The lowest BCUT2D eigenvalue weighted by atomic mass is 10.0. The number of nitrogens with one attached hydrogen (secondary N) is 2. The molecule has 0 radical (unpaired) electrons. The van der Waals surface area contributed by atoms with E-state index in [-0.39, 0.29) is 29.3 Å². The van der Waals surface area contributed by atoms with Crippen LogP contribution in [0.2, 0.25) is 0 Å². The first-order chi connectivity index (χ1) is 16.5. The van der Waals surface area contributed by atoms with E-state index in [1.54, 1.807) is 13.0 Å². The number of carbonyl (C=O) groups is 2. The fourth-order valence-electron chi connectivity index (χ4n) is 3.89. The molecule has 4 rings (SSSR count). The topological polar surface area (TPSA) is 136 Å². The number of aryl methyl sites for hydroxylation is 3. The predicted octanol–water partition coefficient (Wildman–Crippen LogP) is 3.15. The maximum Gasteiger partial charge on any atom is 0.340 e. The zero-order valence-corrected chi connectivity index (χ0v) is 20.5. The summed E-state index contributed by atoms with van der Waals surface area (Å²) in [5.41, 5.74) is 3.03. The van der Waals surface area contributed by atoms with Crippen molar-refractivity contribution in [1.29, 1.82) is 0 Å². The van der Waals surface area contributed by atoms with Gasteiger partial charge < -0.3 is 14.2 Å². The highest BCUT2D eigenvalue weighted by Gasteiger charge is 2.18. The molecular formula is C25H24N2O7S. The molecule has 0 bridgehead atoms. The van der Waals surface area contributed by atoms with Gasteiger partial charge in [0.25, 0.3) is 10.0 Å². The molecule has 0 aliphatic carbocycles. The Balaban J connectivity index is 1.51. The molecule has 0 atom stereocenters. The first kappa shape index (κ1) is 24.2. The number of hydrogen-bond donors (Lipinski definition) is 2. The molecule has 4 aromatic rings. The van der Waals surface area contributed by atoms with Crippen molar-refractivity contribution in [2.75, 3.05) is 0 Å². The van der Waals surface area contributed by atoms with Crippen LogP contribution in [-0.4, -0.2) is 20.2 Å². The number of hydrogen-bond acceptors (Lipinski definition) is 7. The van der Waals surface area contributed by atoms with E-state index in [0.717, 1.165) is 29.0 Å². The monoisotopic (exact) mass is 496 g/mol. The zero-order chi connectivity index (χ0) is 25.5. The van der Waals surface area contributed by atoms with E-state index in [1.807, 2.05) is 24.6 Å². The molecule has 0 unspecified atom stereocenters. The highest BCUT2D eigenvalue weighted by molar-refractivity contribution is 7.90. The number of fused-ring (bicyclic) bond motifs is 2. The Hall–Kier alpha value is -3.92. The first-order valence-electron chi connectivity index (χ1n) is 10.8. The van der Waals surface area contributed by atoms with Gasteiger partial charge in [0, 0.05) is 30.3 Å². The minimum absolute atomic E-state index is 0.0654. The normalized spacial score (nSPS) is 11.7. The SMILES string of the molecule is CC(=O)NS(=O)(=O)c1ccc(CNC(=O)Cc2c(C)c3cc4c(C)c(C)oc4cc3oc2=O)cc1. The van der Waals surface area contributed by atoms with Crippen molar-refractivity contribution in [2.24, 2.45) is 0 Å². The van der Waals surface area contributed by atoms with Crippen LogP contribution >= 0.6 is 0 Å². The molecule has 0 fully saturated rings. The third-order valence-corrected chi connectivity index (χ3v) is 7.37. The third kappa shape index (κ3) is 4.83. The fraction of sp³-hybridized carbons (Fsp3) is 0.240. The van der Waals surface area contributed by atoms with E-state index in [4.69, 9.17) is 8.83 Å². The smallest absolute Gasteiger partial charge is 0.340 e. The van der Waals surface area contributed by atoms with Crippen molar-refractivity contribution in [1.82, 2.24) is 10.0 Å². The highest BCUT2D eigenvalue weighted by Crippen LogP contribution is 2.31. The van der Waals surface area contributed by atoms with Crippen LogP contribution in [0.3, 0.4) is 0 Å². The molecule has 0 aliphatic heterocycles. The van der Waals surface area contributed by atoms with Crippen LogP contribution in [-0.2, 0) is 32.6 Å². The summed E-state index contributed by atoms with van der Waals surface area (Å²) >= 11 is 0. The van der Waals surface area contributed by atoms with E-state index in [0.29, 0.717) is 22.3 Å². The van der Waals surface area contributed by atoms with Crippen LogP contribution in [0, 0.1) is 20.8 Å². The number of carbonyl (C=O) groups excluding carboxylic acids is 2. The molecule has 35 heavy (non-hydrogen) atoms. The van der Waals surface area contributed by atoms with Gasteiger partial charge >= 0.3 is 5.63 Å². The van der Waals surface area contributed by atoms with Crippen molar-refractivity contribution in [2.45, 2.75) is 45.6 Å². The van der Waals surface area contributed by atoms with Crippen molar-refractivity contribution in [3.05, 3.63) is 74.8 Å². The average Bonchev–Trinajstić information content (AvgIpc) is 3.06. The molecule has 9 nitrogen and oxygen atoms in total. The minimum Gasteiger partial charge on any atom is -0.461 e. The van der Waals surface area contributed by atoms with E-state index in [9.17, 15) is 22.8 Å². The maximum atomic E-state index is 12.6. The molecule has 2 amide bonds. The van der Waals surface area contributed by atoms with Crippen LogP contribution in [0.25, 0.3) is 21.9 Å². The van der Waals surface area contributed by atoms with Crippen LogP contribution in [0.4, 0.5) is 0 Å². The van der Waals surface area contributed by atoms with E-state index >= 15 is 0 Å². The fourth-order valence-corrected chi connectivity index (χ4v) is 4.88. The Morgan fingerprint density at radius 2 is 1.54 bits per heavy atom. The summed E-state index contributed by atoms with van der Waals surface area (Å²) in [5, 5.41) is 4.39. The molecule has 10 heteroatoms.